The Labute approximate surface area is 132 Å². The van der Waals surface area contributed by atoms with E-state index in [-0.39, 0.29) is 23.5 Å². The molecule has 114 valence electrons. The van der Waals surface area contributed by atoms with E-state index in [0.717, 1.165) is 0 Å². The van der Waals surface area contributed by atoms with Crippen LogP contribution in [0.5, 0.6) is 5.75 Å². The first-order valence-corrected chi connectivity index (χ1v) is 7.76. The van der Waals surface area contributed by atoms with Crippen LogP contribution in [0.25, 0.3) is 0 Å². The number of hydrogen-bond donors (Lipinski definition) is 1. The van der Waals surface area contributed by atoms with Gasteiger partial charge in [-0.15, -0.1) is 0 Å². The molecular formula is C15H18BrNO4. The van der Waals surface area contributed by atoms with Gasteiger partial charge in [0.05, 0.1) is 17.0 Å². The molecule has 0 atom stereocenters. The van der Waals surface area contributed by atoms with Crippen LogP contribution < -0.4 is 0 Å². The number of halogens is 1. The Balaban J connectivity index is 1.97. The van der Waals surface area contributed by atoms with Crippen LogP contribution in [0.4, 0.5) is 0 Å². The largest absolute Gasteiger partial charge is 0.507 e. The molecule has 1 aromatic rings. The number of amides is 1. The number of phenolic OH excluding ortho intramolecular Hbond substituents is 1. The number of aromatic hydroxyl groups is 1. The summed E-state index contributed by atoms with van der Waals surface area (Å²) in [5.41, 5.74) is 0.449. The van der Waals surface area contributed by atoms with Gasteiger partial charge in [0.2, 0.25) is 0 Å². The number of esters is 1. The maximum Gasteiger partial charge on any atom is 0.309 e. The number of carbonyl (C=O) groups excluding carboxylic acids is 2. The first-order valence-electron chi connectivity index (χ1n) is 6.97. The number of hydrogen-bond acceptors (Lipinski definition) is 4. The van der Waals surface area contributed by atoms with Crippen molar-refractivity contribution >= 4 is 27.8 Å². The van der Waals surface area contributed by atoms with E-state index in [9.17, 15) is 14.7 Å². The number of ether oxygens (including phenoxy) is 1. The van der Waals surface area contributed by atoms with Crippen molar-refractivity contribution < 1.29 is 19.4 Å². The van der Waals surface area contributed by atoms with Gasteiger partial charge < -0.3 is 14.7 Å². The summed E-state index contributed by atoms with van der Waals surface area (Å²) in [6.45, 7) is 3.23. The van der Waals surface area contributed by atoms with Crippen LogP contribution in [0.3, 0.4) is 0 Å². The quantitative estimate of drug-likeness (QED) is 0.846. The number of benzene rings is 1. The van der Waals surface area contributed by atoms with Gasteiger partial charge in [0, 0.05) is 18.7 Å². The average Bonchev–Trinajstić information content (AvgIpc) is 2.50. The molecule has 1 heterocycles. The number of nitrogens with zero attached hydrogens (tertiary/aromatic N) is 1. The fraction of sp³-hybridized carbons (Fsp3) is 0.467. The van der Waals surface area contributed by atoms with E-state index in [1.54, 1.807) is 24.0 Å². The molecule has 2 rings (SSSR count). The molecule has 1 N–H and O–H groups in total. The van der Waals surface area contributed by atoms with E-state index in [2.05, 4.69) is 15.9 Å². The van der Waals surface area contributed by atoms with Crippen LogP contribution in [0.1, 0.15) is 30.1 Å². The van der Waals surface area contributed by atoms with E-state index in [0.29, 0.717) is 42.6 Å². The van der Waals surface area contributed by atoms with E-state index >= 15 is 0 Å². The zero-order valence-electron chi connectivity index (χ0n) is 11.8. The first-order chi connectivity index (χ1) is 10.0. The molecule has 0 spiro atoms. The van der Waals surface area contributed by atoms with E-state index < -0.39 is 0 Å². The molecule has 0 aromatic heterocycles. The van der Waals surface area contributed by atoms with Gasteiger partial charge in [-0.2, -0.15) is 0 Å². The van der Waals surface area contributed by atoms with E-state index in [4.69, 9.17) is 4.74 Å². The minimum atomic E-state index is -0.175. The minimum Gasteiger partial charge on any atom is -0.507 e. The third kappa shape index (κ3) is 3.75. The second kappa shape index (κ2) is 6.93. The first kappa shape index (κ1) is 15.8. The predicted molar refractivity (Wildman–Crippen MR) is 81.1 cm³/mol. The molecule has 5 nitrogen and oxygen atoms in total. The summed E-state index contributed by atoms with van der Waals surface area (Å²) in [6, 6.07) is 4.77. The van der Waals surface area contributed by atoms with Crippen LogP contribution in [-0.2, 0) is 9.53 Å². The lowest BCUT2D eigenvalue weighted by Crippen LogP contribution is -2.40. The van der Waals surface area contributed by atoms with Gasteiger partial charge in [-0.1, -0.05) is 0 Å². The number of carbonyl (C=O) groups is 2. The van der Waals surface area contributed by atoms with Gasteiger partial charge in [0.15, 0.2) is 0 Å². The smallest absolute Gasteiger partial charge is 0.309 e. The Morgan fingerprint density at radius 2 is 2.05 bits per heavy atom. The molecule has 1 aromatic carbocycles. The Morgan fingerprint density at radius 3 is 2.62 bits per heavy atom. The fourth-order valence-corrected chi connectivity index (χ4v) is 2.65. The van der Waals surface area contributed by atoms with Crippen molar-refractivity contribution in [2.75, 3.05) is 19.7 Å². The van der Waals surface area contributed by atoms with Crippen molar-refractivity contribution in [3.63, 3.8) is 0 Å². The Hall–Kier alpha value is -1.56. The standard InChI is InChI=1S/C15H18BrNO4/c1-2-21-15(20)10-5-7-17(8-6-10)14(19)11-3-4-12(16)13(18)9-11/h3-4,9-10,18H,2,5-8H2,1H3. The number of piperidine rings is 1. The maximum atomic E-state index is 12.3. The summed E-state index contributed by atoms with van der Waals surface area (Å²) in [6.07, 6.45) is 1.24. The number of likely N-dealkylation sites (tertiary alicyclic amines) is 1. The summed E-state index contributed by atoms with van der Waals surface area (Å²) in [5.74, 6) is -0.374. The summed E-state index contributed by atoms with van der Waals surface area (Å²) >= 11 is 3.19. The third-order valence-corrected chi connectivity index (χ3v) is 4.27. The number of rotatable bonds is 3. The number of phenols is 1. The van der Waals surface area contributed by atoms with Gasteiger partial charge in [-0.3, -0.25) is 9.59 Å². The van der Waals surface area contributed by atoms with Gasteiger partial charge in [-0.25, -0.2) is 0 Å². The molecule has 1 saturated heterocycles. The van der Waals surface area contributed by atoms with Crippen LogP contribution in [-0.4, -0.2) is 41.6 Å². The van der Waals surface area contributed by atoms with Crippen LogP contribution in [0.2, 0.25) is 0 Å². The minimum absolute atomic E-state index is 0.0438. The molecule has 1 amide bonds. The lowest BCUT2D eigenvalue weighted by molar-refractivity contribution is -0.149. The monoisotopic (exact) mass is 355 g/mol. The molecule has 0 bridgehead atoms. The van der Waals surface area contributed by atoms with E-state index in [1.807, 2.05) is 0 Å². The van der Waals surface area contributed by atoms with Crippen LogP contribution in [0, 0.1) is 5.92 Å². The second-order valence-corrected chi connectivity index (χ2v) is 5.84. The highest BCUT2D eigenvalue weighted by molar-refractivity contribution is 9.10. The highest BCUT2D eigenvalue weighted by Crippen LogP contribution is 2.26. The molecule has 1 aliphatic heterocycles. The fourth-order valence-electron chi connectivity index (χ4n) is 2.41. The summed E-state index contributed by atoms with van der Waals surface area (Å²) < 4.78 is 5.57. The Morgan fingerprint density at radius 1 is 1.38 bits per heavy atom. The average molecular weight is 356 g/mol. The van der Waals surface area contributed by atoms with Crippen molar-refractivity contribution in [2.24, 2.45) is 5.92 Å². The summed E-state index contributed by atoms with van der Waals surface area (Å²) in [7, 11) is 0. The third-order valence-electron chi connectivity index (χ3n) is 3.60. The molecule has 0 unspecified atom stereocenters. The molecule has 0 saturated carbocycles. The lowest BCUT2D eigenvalue weighted by atomic mass is 9.96. The highest BCUT2D eigenvalue weighted by atomic mass is 79.9. The zero-order valence-corrected chi connectivity index (χ0v) is 13.4. The predicted octanol–water partition coefficient (Wildman–Crippen LogP) is 2.57. The molecule has 1 fully saturated rings. The molecule has 6 heteroatoms. The Bertz CT molecular complexity index is 538. The Kier molecular flexibility index (Phi) is 5.22. The van der Waals surface area contributed by atoms with Gasteiger partial charge in [0.1, 0.15) is 5.75 Å². The second-order valence-electron chi connectivity index (χ2n) is 4.98. The van der Waals surface area contributed by atoms with Gasteiger partial charge in [-0.05, 0) is 53.9 Å². The van der Waals surface area contributed by atoms with Crippen molar-refractivity contribution in [1.29, 1.82) is 0 Å². The van der Waals surface area contributed by atoms with Crippen LogP contribution >= 0.6 is 15.9 Å². The summed E-state index contributed by atoms with van der Waals surface area (Å²) in [4.78, 5) is 25.7. The summed E-state index contributed by atoms with van der Waals surface area (Å²) in [5, 5.41) is 9.64. The van der Waals surface area contributed by atoms with Crippen molar-refractivity contribution in [2.45, 2.75) is 19.8 Å². The molecule has 0 aliphatic carbocycles. The molecular weight excluding hydrogens is 338 g/mol. The molecule has 1 aliphatic rings. The van der Waals surface area contributed by atoms with Crippen molar-refractivity contribution in [1.82, 2.24) is 4.90 Å². The molecule has 21 heavy (non-hydrogen) atoms. The SMILES string of the molecule is CCOC(=O)C1CCN(C(=O)c2ccc(Br)c(O)c2)CC1. The normalized spacial score (nSPS) is 15.8. The molecule has 0 radical (unpaired) electrons. The highest BCUT2D eigenvalue weighted by Gasteiger charge is 2.28. The zero-order chi connectivity index (χ0) is 15.4. The van der Waals surface area contributed by atoms with Crippen molar-refractivity contribution in [3.8, 4) is 5.75 Å². The topological polar surface area (TPSA) is 66.8 Å². The lowest BCUT2D eigenvalue weighted by Gasteiger charge is -2.31. The van der Waals surface area contributed by atoms with Crippen molar-refractivity contribution in [3.05, 3.63) is 28.2 Å². The van der Waals surface area contributed by atoms with Gasteiger partial charge >= 0.3 is 5.97 Å². The van der Waals surface area contributed by atoms with Gasteiger partial charge in [0.25, 0.3) is 5.91 Å². The van der Waals surface area contributed by atoms with Crippen LogP contribution in [0.15, 0.2) is 22.7 Å². The maximum absolute atomic E-state index is 12.3. The van der Waals surface area contributed by atoms with E-state index in [1.165, 1.54) is 6.07 Å².